The number of benzene rings is 1. The van der Waals surface area contributed by atoms with E-state index in [1.54, 1.807) is 12.1 Å². The molecule has 1 saturated heterocycles. The number of para-hydroxylation sites is 1. The Balaban J connectivity index is 1.79. The van der Waals surface area contributed by atoms with Crippen LogP contribution in [-0.2, 0) is 9.53 Å². The topological polar surface area (TPSA) is 140 Å². The van der Waals surface area contributed by atoms with Gasteiger partial charge in [0.2, 0.25) is 0 Å². The third-order valence-electron chi connectivity index (χ3n) is 5.77. The van der Waals surface area contributed by atoms with E-state index in [0.717, 1.165) is 31.2 Å². The molecule has 1 fully saturated rings. The van der Waals surface area contributed by atoms with Gasteiger partial charge in [-0.15, -0.1) is 0 Å². The molecule has 8 heteroatoms. The zero-order valence-electron chi connectivity index (χ0n) is 16.1. The number of guanidine groups is 1. The molecule has 3 rings (SSSR count). The van der Waals surface area contributed by atoms with Crippen LogP contribution >= 0.6 is 0 Å². The Labute approximate surface area is 164 Å². The molecular formula is C20H29N3O5. The molecule has 0 spiro atoms. The normalized spacial score (nSPS) is 28.5. The van der Waals surface area contributed by atoms with Crippen molar-refractivity contribution in [2.45, 2.75) is 63.3 Å². The summed E-state index contributed by atoms with van der Waals surface area (Å²) in [5, 5.41) is 19.5. The van der Waals surface area contributed by atoms with E-state index in [1.165, 1.54) is 0 Å². The molecule has 0 amide bonds. The van der Waals surface area contributed by atoms with Gasteiger partial charge in [0.05, 0.1) is 12.2 Å². The van der Waals surface area contributed by atoms with Crippen LogP contribution in [0.15, 0.2) is 23.2 Å². The van der Waals surface area contributed by atoms with Crippen molar-refractivity contribution in [3.8, 4) is 11.5 Å². The molecule has 0 bridgehead atoms. The van der Waals surface area contributed by atoms with Crippen molar-refractivity contribution in [2.75, 3.05) is 6.54 Å². The number of fused-ring (bicyclic) bond motifs is 3. The molecule has 8 nitrogen and oxygen atoms in total. The summed E-state index contributed by atoms with van der Waals surface area (Å²) in [5.41, 5.74) is 10.8. The van der Waals surface area contributed by atoms with Crippen LogP contribution in [0.4, 0.5) is 0 Å². The summed E-state index contributed by atoms with van der Waals surface area (Å²) in [6.45, 7) is 2.48. The molecular weight excluding hydrogens is 362 g/mol. The Hall–Kier alpha value is -2.48. The van der Waals surface area contributed by atoms with Gasteiger partial charge in [-0.3, -0.25) is 9.79 Å². The number of aliphatic imine (C=N–C) groups is 1. The first-order valence-corrected chi connectivity index (χ1v) is 9.73. The molecule has 2 heterocycles. The maximum atomic E-state index is 11.1. The van der Waals surface area contributed by atoms with Gasteiger partial charge in [0.1, 0.15) is 5.60 Å². The molecule has 0 aromatic heterocycles. The van der Waals surface area contributed by atoms with E-state index < -0.39 is 11.6 Å². The minimum Gasteiger partial charge on any atom is -0.504 e. The molecule has 1 aromatic rings. The summed E-state index contributed by atoms with van der Waals surface area (Å²) in [6, 6.07) is 5.26. The van der Waals surface area contributed by atoms with Crippen molar-refractivity contribution < 1.29 is 24.5 Å². The van der Waals surface area contributed by atoms with Crippen molar-refractivity contribution in [3.63, 3.8) is 0 Å². The maximum absolute atomic E-state index is 11.1. The molecule has 2 aliphatic rings. The van der Waals surface area contributed by atoms with Crippen LogP contribution in [0.2, 0.25) is 0 Å². The summed E-state index contributed by atoms with van der Waals surface area (Å²) >= 11 is 0. The van der Waals surface area contributed by atoms with Crippen LogP contribution in [0.3, 0.4) is 0 Å². The Morgan fingerprint density at radius 2 is 2.14 bits per heavy atom. The van der Waals surface area contributed by atoms with Crippen molar-refractivity contribution in [2.24, 2.45) is 22.4 Å². The summed E-state index contributed by atoms with van der Waals surface area (Å²) in [7, 11) is 0. The Morgan fingerprint density at radius 1 is 1.36 bits per heavy atom. The number of ether oxygens (including phenoxy) is 2. The second-order valence-electron chi connectivity index (χ2n) is 7.82. The van der Waals surface area contributed by atoms with Gasteiger partial charge in [-0.1, -0.05) is 12.1 Å². The third kappa shape index (κ3) is 4.32. The standard InChI is InChI=1S/C20H29N3O5/c1-20(10-9-16(25)26)14-8-7-12(4-3-11-23-19(21)22)27-17(14)13-5-2-6-15(24)18(13)28-20/h2,5-6,12,14,17,24H,3-4,7-11H2,1H3,(H,25,26)(H4,21,22,23)/t12-,14-,17+,20+/m1/s1. The molecule has 0 aliphatic carbocycles. The van der Waals surface area contributed by atoms with Gasteiger partial charge in [-0.05, 0) is 45.1 Å². The summed E-state index contributed by atoms with van der Waals surface area (Å²) in [4.78, 5) is 15.1. The highest BCUT2D eigenvalue weighted by Gasteiger charge is 2.50. The highest BCUT2D eigenvalue weighted by Crippen LogP contribution is 2.54. The van der Waals surface area contributed by atoms with Crippen LogP contribution in [-0.4, -0.2) is 40.4 Å². The zero-order chi connectivity index (χ0) is 20.3. The van der Waals surface area contributed by atoms with E-state index in [0.29, 0.717) is 18.7 Å². The SMILES string of the molecule is C[C@@]1(CCC(=O)O)Oc2c(O)cccc2[C@@H]2O[C@H](CCCN=C(N)N)CC[C@H]21. The van der Waals surface area contributed by atoms with E-state index in [4.69, 9.17) is 26.0 Å². The quantitative estimate of drug-likeness (QED) is 0.317. The lowest BCUT2D eigenvalue weighted by Gasteiger charge is -2.50. The molecule has 0 unspecified atom stereocenters. The average molecular weight is 391 g/mol. The van der Waals surface area contributed by atoms with Crippen molar-refractivity contribution in [3.05, 3.63) is 23.8 Å². The van der Waals surface area contributed by atoms with Gasteiger partial charge in [0.15, 0.2) is 17.5 Å². The minimum absolute atomic E-state index is 0.00456. The van der Waals surface area contributed by atoms with Crippen LogP contribution < -0.4 is 16.2 Å². The van der Waals surface area contributed by atoms with Gasteiger partial charge < -0.3 is 31.2 Å². The molecule has 4 atom stereocenters. The van der Waals surface area contributed by atoms with Gasteiger partial charge in [-0.25, -0.2) is 0 Å². The lowest BCUT2D eigenvalue weighted by atomic mass is 9.72. The van der Waals surface area contributed by atoms with E-state index >= 15 is 0 Å². The van der Waals surface area contributed by atoms with Gasteiger partial charge in [0, 0.05) is 24.4 Å². The number of phenolic OH excluding ortho intramolecular Hbond substituents is 1. The van der Waals surface area contributed by atoms with E-state index in [-0.39, 0.29) is 36.3 Å². The number of carbonyl (C=O) groups is 1. The van der Waals surface area contributed by atoms with Gasteiger partial charge in [-0.2, -0.15) is 0 Å². The highest BCUT2D eigenvalue weighted by molar-refractivity contribution is 5.75. The maximum Gasteiger partial charge on any atom is 0.303 e. The zero-order valence-corrected chi connectivity index (χ0v) is 16.1. The molecule has 0 saturated carbocycles. The summed E-state index contributed by atoms with van der Waals surface area (Å²) in [5.74, 6) is -0.296. The Morgan fingerprint density at radius 3 is 2.86 bits per heavy atom. The number of phenols is 1. The largest absolute Gasteiger partial charge is 0.504 e. The molecule has 6 N–H and O–H groups in total. The second-order valence-corrected chi connectivity index (χ2v) is 7.82. The minimum atomic E-state index is -0.862. The number of hydrogen-bond acceptors (Lipinski definition) is 5. The number of aliphatic carboxylic acids is 1. The summed E-state index contributed by atoms with van der Waals surface area (Å²) < 4.78 is 12.6. The molecule has 154 valence electrons. The number of aromatic hydroxyl groups is 1. The number of carboxylic acid groups (broad SMARTS) is 1. The Bertz CT molecular complexity index is 749. The third-order valence-corrected chi connectivity index (χ3v) is 5.77. The van der Waals surface area contributed by atoms with Crippen molar-refractivity contribution in [1.82, 2.24) is 0 Å². The number of hydrogen-bond donors (Lipinski definition) is 4. The summed E-state index contributed by atoms with van der Waals surface area (Å²) in [6.07, 6.45) is 3.57. The van der Waals surface area contributed by atoms with Crippen LogP contribution in [0, 0.1) is 5.92 Å². The molecule has 1 aromatic carbocycles. The van der Waals surface area contributed by atoms with Crippen molar-refractivity contribution in [1.29, 1.82) is 0 Å². The molecule has 0 radical (unpaired) electrons. The lowest BCUT2D eigenvalue weighted by molar-refractivity contribution is -0.162. The first kappa shape index (κ1) is 20.3. The smallest absolute Gasteiger partial charge is 0.303 e. The first-order valence-electron chi connectivity index (χ1n) is 9.73. The van der Waals surface area contributed by atoms with E-state index in [1.807, 2.05) is 13.0 Å². The monoisotopic (exact) mass is 391 g/mol. The van der Waals surface area contributed by atoms with Crippen LogP contribution in [0.5, 0.6) is 11.5 Å². The highest BCUT2D eigenvalue weighted by atomic mass is 16.5. The number of rotatable bonds is 7. The van der Waals surface area contributed by atoms with Gasteiger partial charge >= 0.3 is 5.97 Å². The number of nitrogens with two attached hydrogens (primary N) is 2. The molecule has 28 heavy (non-hydrogen) atoms. The fourth-order valence-electron chi connectivity index (χ4n) is 4.32. The van der Waals surface area contributed by atoms with Crippen LogP contribution in [0.25, 0.3) is 0 Å². The lowest BCUT2D eigenvalue weighted by Crippen LogP contribution is -2.50. The molecule has 2 aliphatic heterocycles. The van der Waals surface area contributed by atoms with E-state index in [2.05, 4.69) is 4.99 Å². The predicted molar refractivity (Wildman–Crippen MR) is 104 cm³/mol. The number of carboxylic acids is 1. The Kier molecular flexibility index (Phi) is 5.98. The van der Waals surface area contributed by atoms with Crippen LogP contribution in [0.1, 0.15) is 57.1 Å². The average Bonchev–Trinajstić information content (AvgIpc) is 2.65. The second kappa shape index (κ2) is 8.26. The fraction of sp³-hybridized carbons (Fsp3) is 0.600. The van der Waals surface area contributed by atoms with E-state index in [9.17, 15) is 9.90 Å². The first-order chi connectivity index (χ1) is 13.3. The van der Waals surface area contributed by atoms with Gasteiger partial charge in [0.25, 0.3) is 0 Å². The van der Waals surface area contributed by atoms with Crippen molar-refractivity contribution >= 4 is 11.9 Å². The predicted octanol–water partition coefficient (Wildman–Crippen LogP) is 2.30. The number of nitrogens with zero attached hydrogens (tertiary/aromatic N) is 1. The fourth-order valence-corrected chi connectivity index (χ4v) is 4.32.